The lowest BCUT2D eigenvalue weighted by Crippen LogP contribution is -2.05. The minimum atomic E-state index is -0.294. The minimum Gasteiger partial charge on any atom is -0.466 e. The zero-order valence-electron chi connectivity index (χ0n) is 10.6. The summed E-state index contributed by atoms with van der Waals surface area (Å²) in [6, 6.07) is 0. The zero-order chi connectivity index (χ0) is 12.2. The summed E-state index contributed by atoms with van der Waals surface area (Å²) >= 11 is 0. The maximum atomic E-state index is 10.6. The summed E-state index contributed by atoms with van der Waals surface area (Å²) in [5.74, 6) is -0.272. The molecule has 0 saturated heterocycles. The maximum Gasteiger partial charge on any atom is 0.306 e. The highest BCUT2D eigenvalue weighted by atomic mass is 16.5. The number of Topliss-reactive ketones (excluding diaryl/α,β-unsaturated/α-hetero) is 1. The van der Waals surface area contributed by atoms with E-state index in [1.54, 1.807) is 6.92 Å². The van der Waals surface area contributed by atoms with Crippen LogP contribution >= 0.6 is 0 Å². The average molecular weight is 228 g/mol. The zero-order valence-corrected chi connectivity index (χ0v) is 10.6. The monoisotopic (exact) mass is 228 g/mol. The lowest BCUT2D eigenvalue weighted by molar-refractivity contribution is -0.144. The van der Waals surface area contributed by atoms with Crippen molar-refractivity contribution in [3.63, 3.8) is 0 Å². The molecule has 1 saturated carbocycles. The van der Waals surface area contributed by atoms with E-state index in [4.69, 9.17) is 0 Å². The van der Waals surface area contributed by atoms with Crippen molar-refractivity contribution in [2.45, 2.75) is 65.2 Å². The van der Waals surface area contributed by atoms with E-state index in [1.165, 1.54) is 45.4 Å². The van der Waals surface area contributed by atoms with E-state index in [9.17, 15) is 9.59 Å². The van der Waals surface area contributed by atoms with E-state index < -0.39 is 0 Å². The van der Waals surface area contributed by atoms with Gasteiger partial charge in [0.2, 0.25) is 0 Å². The Balaban J connectivity index is 0.000000315. The largest absolute Gasteiger partial charge is 0.466 e. The van der Waals surface area contributed by atoms with Crippen LogP contribution in [0.15, 0.2) is 0 Å². The summed E-state index contributed by atoms with van der Waals surface area (Å²) in [7, 11) is 0. The lowest BCUT2D eigenvalue weighted by Gasteiger charge is -2.05. The van der Waals surface area contributed by atoms with Crippen LogP contribution in [-0.2, 0) is 14.3 Å². The first kappa shape index (κ1) is 15.1. The normalized spacial score (nSPS) is 14.6. The molecule has 0 aromatic carbocycles. The molecule has 0 aromatic heterocycles. The Bertz CT molecular complexity index is 184. The molecule has 0 bridgehead atoms. The Morgan fingerprint density at radius 2 is 1.38 bits per heavy atom. The Labute approximate surface area is 98.6 Å². The Hall–Kier alpha value is -0.860. The molecule has 0 unspecified atom stereocenters. The van der Waals surface area contributed by atoms with Crippen LogP contribution in [0.3, 0.4) is 0 Å². The predicted molar refractivity (Wildman–Crippen MR) is 64.3 cm³/mol. The van der Waals surface area contributed by atoms with Crippen LogP contribution < -0.4 is 0 Å². The number of hydrogen-bond donors (Lipinski definition) is 0. The van der Waals surface area contributed by atoms with Crippen molar-refractivity contribution in [1.29, 1.82) is 0 Å². The second-order valence-electron chi connectivity index (χ2n) is 4.13. The molecule has 0 spiro atoms. The van der Waals surface area contributed by atoms with E-state index in [0.717, 1.165) is 0 Å². The molecule has 3 heteroatoms. The lowest BCUT2D eigenvalue weighted by atomic mass is 10.0. The summed E-state index contributed by atoms with van der Waals surface area (Å²) in [4.78, 5) is 20.9. The van der Waals surface area contributed by atoms with Crippen LogP contribution in [0, 0.1) is 0 Å². The second kappa shape index (κ2) is 10.7. The summed E-state index contributed by atoms with van der Waals surface area (Å²) in [6.45, 7) is 3.58. The molecule has 0 amide bonds. The topological polar surface area (TPSA) is 43.4 Å². The van der Waals surface area contributed by atoms with Crippen LogP contribution in [0.5, 0.6) is 0 Å². The fourth-order valence-electron chi connectivity index (χ4n) is 1.57. The van der Waals surface area contributed by atoms with Gasteiger partial charge in [-0.25, -0.2) is 0 Å². The Kier molecular flexibility index (Phi) is 10.1. The van der Waals surface area contributed by atoms with E-state index in [1.807, 2.05) is 0 Å². The quantitative estimate of drug-likeness (QED) is 0.694. The maximum absolute atomic E-state index is 10.6. The molecule has 0 atom stereocenters. The molecule has 94 valence electrons. The van der Waals surface area contributed by atoms with Crippen molar-refractivity contribution in [3.05, 3.63) is 0 Å². The summed E-state index contributed by atoms with van der Waals surface area (Å²) < 4.78 is 4.60. The molecular weight excluding hydrogens is 204 g/mol. The van der Waals surface area contributed by atoms with Crippen molar-refractivity contribution in [1.82, 2.24) is 0 Å². The fraction of sp³-hybridized carbons (Fsp3) is 0.846. The van der Waals surface area contributed by atoms with Gasteiger partial charge < -0.3 is 9.53 Å². The van der Waals surface area contributed by atoms with Gasteiger partial charge in [0.05, 0.1) is 13.0 Å². The van der Waals surface area contributed by atoms with Gasteiger partial charge in [0, 0.05) is 6.42 Å². The first-order chi connectivity index (χ1) is 7.66. The van der Waals surface area contributed by atoms with Crippen molar-refractivity contribution < 1.29 is 14.3 Å². The highest BCUT2D eigenvalue weighted by molar-refractivity contribution is 5.80. The highest BCUT2D eigenvalue weighted by Crippen LogP contribution is 2.15. The fourth-order valence-corrected chi connectivity index (χ4v) is 1.57. The minimum absolute atomic E-state index is 0.0213. The third kappa shape index (κ3) is 11.2. The molecule has 0 aromatic rings. The van der Waals surface area contributed by atoms with E-state index in [2.05, 4.69) is 4.74 Å². The van der Waals surface area contributed by atoms with Crippen LogP contribution in [0.4, 0.5) is 0 Å². The van der Waals surface area contributed by atoms with Crippen molar-refractivity contribution in [3.8, 4) is 0 Å². The number of ketones is 1. The standard InChI is InChI=1S/C7H12O3.C6H12/c1-3-10-7(9)5-4-6(2)8;1-2-4-6-5-3-1/h3-5H2,1-2H3;1-6H2. The average Bonchev–Trinajstić information content (AvgIpc) is 2.30. The molecule has 1 fully saturated rings. The van der Waals surface area contributed by atoms with E-state index in [-0.39, 0.29) is 18.2 Å². The molecule has 3 nitrogen and oxygen atoms in total. The summed E-state index contributed by atoms with van der Waals surface area (Å²) in [5, 5.41) is 0. The van der Waals surface area contributed by atoms with Crippen LogP contribution in [0.25, 0.3) is 0 Å². The molecule has 0 N–H and O–H groups in total. The number of rotatable bonds is 4. The van der Waals surface area contributed by atoms with Gasteiger partial charge in [-0.15, -0.1) is 0 Å². The van der Waals surface area contributed by atoms with Gasteiger partial charge in [0.15, 0.2) is 0 Å². The van der Waals surface area contributed by atoms with Crippen molar-refractivity contribution in [2.75, 3.05) is 6.61 Å². The number of carbonyl (C=O) groups is 2. The van der Waals surface area contributed by atoms with Gasteiger partial charge in [0.25, 0.3) is 0 Å². The second-order valence-corrected chi connectivity index (χ2v) is 4.13. The molecule has 16 heavy (non-hydrogen) atoms. The molecule has 0 radical (unpaired) electrons. The smallest absolute Gasteiger partial charge is 0.306 e. The molecular formula is C13H24O3. The van der Waals surface area contributed by atoms with Gasteiger partial charge >= 0.3 is 5.97 Å². The number of carbonyl (C=O) groups excluding carboxylic acids is 2. The van der Waals surface area contributed by atoms with Crippen LogP contribution in [-0.4, -0.2) is 18.4 Å². The molecule has 1 aliphatic carbocycles. The van der Waals surface area contributed by atoms with Gasteiger partial charge in [-0.05, 0) is 13.8 Å². The highest BCUT2D eigenvalue weighted by Gasteiger charge is 2.02. The van der Waals surface area contributed by atoms with Gasteiger partial charge in [-0.1, -0.05) is 38.5 Å². The van der Waals surface area contributed by atoms with Gasteiger partial charge in [0.1, 0.15) is 5.78 Å². The predicted octanol–water partition coefficient (Wildman–Crippen LogP) is 3.26. The van der Waals surface area contributed by atoms with Crippen LogP contribution in [0.2, 0.25) is 0 Å². The van der Waals surface area contributed by atoms with Crippen LogP contribution in [0.1, 0.15) is 65.2 Å². The SMILES string of the molecule is C1CCCCC1.CCOC(=O)CCC(C)=O. The summed E-state index contributed by atoms with van der Waals surface area (Å²) in [5.41, 5.74) is 0. The first-order valence-electron chi connectivity index (χ1n) is 6.32. The molecule has 0 aliphatic heterocycles. The Morgan fingerprint density at radius 1 is 0.938 bits per heavy atom. The third-order valence-electron chi connectivity index (χ3n) is 2.49. The third-order valence-corrected chi connectivity index (χ3v) is 2.49. The first-order valence-corrected chi connectivity index (χ1v) is 6.32. The molecule has 1 rings (SSSR count). The van der Waals surface area contributed by atoms with Gasteiger partial charge in [-0.3, -0.25) is 4.79 Å². The van der Waals surface area contributed by atoms with Crippen molar-refractivity contribution in [2.24, 2.45) is 0 Å². The molecule has 1 aliphatic rings. The number of esters is 1. The number of ether oxygens (including phenoxy) is 1. The van der Waals surface area contributed by atoms with E-state index in [0.29, 0.717) is 13.0 Å². The Morgan fingerprint density at radius 3 is 1.69 bits per heavy atom. The summed E-state index contributed by atoms with van der Waals surface area (Å²) in [6.07, 6.45) is 9.50. The van der Waals surface area contributed by atoms with Gasteiger partial charge in [-0.2, -0.15) is 0 Å². The number of hydrogen-bond acceptors (Lipinski definition) is 3. The van der Waals surface area contributed by atoms with Crippen molar-refractivity contribution >= 4 is 11.8 Å². The van der Waals surface area contributed by atoms with E-state index >= 15 is 0 Å². The molecule has 0 heterocycles.